The van der Waals surface area contributed by atoms with Crippen molar-refractivity contribution in [3.63, 3.8) is 0 Å². The van der Waals surface area contributed by atoms with Gasteiger partial charge in [0.25, 0.3) is 0 Å². The van der Waals surface area contributed by atoms with Crippen LogP contribution in [0.5, 0.6) is 0 Å². The molecule has 1 aliphatic heterocycles. The third-order valence-electron chi connectivity index (χ3n) is 4.85. The maximum Gasteiger partial charge on any atom is 0.226 e. The average molecular weight is 252 g/mol. The van der Waals surface area contributed by atoms with E-state index in [-0.39, 0.29) is 5.92 Å². The Kier molecular flexibility index (Phi) is 4.31. The molecule has 0 radical (unpaired) electrons. The summed E-state index contributed by atoms with van der Waals surface area (Å²) in [6.07, 6.45) is 7.05. The van der Waals surface area contributed by atoms with E-state index in [4.69, 9.17) is 0 Å². The molecule has 2 aliphatic rings. The summed E-state index contributed by atoms with van der Waals surface area (Å²) in [5, 5.41) is 3.34. The lowest BCUT2D eigenvalue weighted by Crippen LogP contribution is -2.47. The minimum Gasteiger partial charge on any atom is -0.342 e. The molecule has 1 heterocycles. The van der Waals surface area contributed by atoms with Crippen LogP contribution in [-0.2, 0) is 4.79 Å². The molecule has 2 rings (SSSR count). The molecular formula is C15H28N2O. The molecule has 3 nitrogen and oxygen atoms in total. The van der Waals surface area contributed by atoms with Crippen molar-refractivity contribution in [2.24, 2.45) is 11.3 Å². The van der Waals surface area contributed by atoms with Gasteiger partial charge in [0.15, 0.2) is 0 Å². The summed E-state index contributed by atoms with van der Waals surface area (Å²) in [4.78, 5) is 14.5. The maximum absolute atomic E-state index is 12.4. The zero-order chi connectivity index (χ0) is 13.2. The molecule has 0 spiro atoms. The maximum atomic E-state index is 12.4. The van der Waals surface area contributed by atoms with Crippen molar-refractivity contribution < 1.29 is 4.79 Å². The van der Waals surface area contributed by atoms with Crippen LogP contribution in [0.25, 0.3) is 0 Å². The number of carbonyl (C=O) groups is 1. The van der Waals surface area contributed by atoms with Gasteiger partial charge in [-0.15, -0.1) is 0 Å². The highest BCUT2D eigenvalue weighted by atomic mass is 16.2. The zero-order valence-electron chi connectivity index (χ0n) is 12.2. The lowest BCUT2D eigenvalue weighted by Gasteiger charge is -2.40. The molecule has 18 heavy (non-hydrogen) atoms. The molecule has 0 aromatic carbocycles. The summed E-state index contributed by atoms with van der Waals surface area (Å²) in [5.41, 5.74) is 0.479. The third-order valence-corrected chi connectivity index (χ3v) is 4.85. The van der Waals surface area contributed by atoms with Gasteiger partial charge in [-0.05, 0) is 50.5 Å². The van der Waals surface area contributed by atoms with E-state index >= 15 is 0 Å². The second kappa shape index (κ2) is 5.60. The Morgan fingerprint density at radius 1 is 1.22 bits per heavy atom. The predicted molar refractivity (Wildman–Crippen MR) is 74.4 cm³/mol. The molecule has 2 fully saturated rings. The molecule has 0 aromatic heterocycles. The van der Waals surface area contributed by atoms with Crippen molar-refractivity contribution >= 4 is 5.91 Å². The number of hydrogen-bond donors (Lipinski definition) is 1. The smallest absolute Gasteiger partial charge is 0.226 e. The number of rotatable bonds is 2. The molecule has 1 aliphatic carbocycles. The SMILES string of the molecule is CN(C(=O)C1CCCNC1)C1CCC(C)(C)CC1. The number of carbonyl (C=O) groups excluding carboxylic acids is 1. The van der Waals surface area contributed by atoms with E-state index in [0.29, 0.717) is 17.4 Å². The molecule has 1 amide bonds. The first kappa shape index (κ1) is 13.9. The topological polar surface area (TPSA) is 32.3 Å². The van der Waals surface area contributed by atoms with Gasteiger partial charge in [-0.3, -0.25) is 4.79 Å². The van der Waals surface area contributed by atoms with Gasteiger partial charge in [0, 0.05) is 19.6 Å². The predicted octanol–water partition coefficient (Wildman–Crippen LogP) is 2.41. The van der Waals surface area contributed by atoms with Gasteiger partial charge >= 0.3 is 0 Å². The van der Waals surface area contributed by atoms with Crippen molar-refractivity contribution in [3.8, 4) is 0 Å². The van der Waals surface area contributed by atoms with Gasteiger partial charge in [0.2, 0.25) is 5.91 Å². The molecule has 3 heteroatoms. The van der Waals surface area contributed by atoms with Crippen molar-refractivity contribution in [2.45, 2.75) is 58.4 Å². The normalized spacial score (nSPS) is 28.9. The molecule has 0 bridgehead atoms. The van der Waals surface area contributed by atoms with Crippen LogP contribution < -0.4 is 5.32 Å². The van der Waals surface area contributed by atoms with Gasteiger partial charge in [-0.1, -0.05) is 13.8 Å². The molecule has 104 valence electrons. The minimum atomic E-state index is 0.221. The Bertz CT molecular complexity index is 285. The van der Waals surface area contributed by atoms with Crippen LogP contribution in [0.2, 0.25) is 0 Å². The average Bonchev–Trinajstić information content (AvgIpc) is 2.38. The Balaban J connectivity index is 1.87. The molecule has 1 atom stereocenters. The van der Waals surface area contributed by atoms with E-state index in [0.717, 1.165) is 25.9 Å². The van der Waals surface area contributed by atoms with Gasteiger partial charge in [0.05, 0.1) is 5.92 Å². The number of piperidine rings is 1. The summed E-state index contributed by atoms with van der Waals surface area (Å²) in [7, 11) is 2.01. The van der Waals surface area contributed by atoms with E-state index in [1.54, 1.807) is 0 Å². The quantitative estimate of drug-likeness (QED) is 0.818. The molecule has 0 aromatic rings. The highest BCUT2D eigenvalue weighted by Gasteiger charge is 2.33. The third kappa shape index (κ3) is 3.25. The standard InChI is InChI=1S/C15H28N2O/c1-15(2)8-6-13(7-9-15)17(3)14(18)12-5-4-10-16-11-12/h12-13,16H,4-11H2,1-3H3. The van der Waals surface area contributed by atoms with E-state index in [1.807, 2.05) is 11.9 Å². The molecule has 1 saturated heterocycles. The summed E-state index contributed by atoms with van der Waals surface area (Å²) in [5.74, 6) is 0.589. The van der Waals surface area contributed by atoms with Crippen LogP contribution in [0.1, 0.15) is 52.4 Å². The molecular weight excluding hydrogens is 224 g/mol. The first-order valence-corrected chi connectivity index (χ1v) is 7.47. The van der Waals surface area contributed by atoms with Crippen LogP contribution in [0.15, 0.2) is 0 Å². The fourth-order valence-electron chi connectivity index (χ4n) is 3.30. The fourth-order valence-corrected chi connectivity index (χ4v) is 3.30. The highest BCUT2D eigenvalue weighted by Crippen LogP contribution is 2.37. The summed E-state index contributed by atoms with van der Waals surface area (Å²) < 4.78 is 0. The number of nitrogens with one attached hydrogen (secondary N) is 1. The van der Waals surface area contributed by atoms with Gasteiger partial charge < -0.3 is 10.2 Å². The minimum absolute atomic E-state index is 0.221. The van der Waals surface area contributed by atoms with Crippen molar-refractivity contribution in [1.29, 1.82) is 0 Å². The molecule has 1 saturated carbocycles. The van der Waals surface area contributed by atoms with Crippen LogP contribution in [-0.4, -0.2) is 37.0 Å². The van der Waals surface area contributed by atoms with E-state index in [9.17, 15) is 4.79 Å². The Labute approximate surface area is 111 Å². The summed E-state index contributed by atoms with van der Waals surface area (Å²) >= 11 is 0. The van der Waals surface area contributed by atoms with Gasteiger partial charge in [-0.25, -0.2) is 0 Å². The van der Waals surface area contributed by atoms with Gasteiger partial charge in [0.1, 0.15) is 0 Å². The molecule has 1 N–H and O–H groups in total. The summed E-state index contributed by atoms with van der Waals surface area (Å²) in [6.45, 7) is 6.64. The second-order valence-corrected chi connectivity index (χ2v) is 6.89. The van der Waals surface area contributed by atoms with Gasteiger partial charge in [-0.2, -0.15) is 0 Å². The van der Waals surface area contributed by atoms with E-state index in [2.05, 4.69) is 19.2 Å². The van der Waals surface area contributed by atoms with Crippen LogP contribution in [0.3, 0.4) is 0 Å². The Morgan fingerprint density at radius 2 is 1.89 bits per heavy atom. The van der Waals surface area contributed by atoms with Crippen LogP contribution >= 0.6 is 0 Å². The van der Waals surface area contributed by atoms with Crippen LogP contribution in [0.4, 0.5) is 0 Å². The first-order valence-electron chi connectivity index (χ1n) is 7.47. The van der Waals surface area contributed by atoms with E-state index in [1.165, 1.54) is 25.7 Å². The lowest BCUT2D eigenvalue weighted by atomic mass is 9.75. The zero-order valence-corrected chi connectivity index (χ0v) is 12.2. The monoisotopic (exact) mass is 252 g/mol. The number of hydrogen-bond acceptors (Lipinski definition) is 2. The van der Waals surface area contributed by atoms with Crippen LogP contribution in [0, 0.1) is 11.3 Å². The van der Waals surface area contributed by atoms with E-state index < -0.39 is 0 Å². The first-order chi connectivity index (χ1) is 8.49. The Morgan fingerprint density at radius 3 is 2.44 bits per heavy atom. The highest BCUT2D eigenvalue weighted by molar-refractivity contribution is 5.79. The second-order valence-electron chi connectivity index (χ2n) is 6.89. The number of nitrogens with zero attached hydrogens (tertiary/aromatic N) is 1. The number of amides is 1. The van der Waals surface area contributed by atoms with Crippen molar-refractivity contribution in [2.75, 3.05) is 20.1 Å². The summed E-state index contributed by atoms with van der Waals surface area (Å²) in [6, 6.07) is 0.479. The molecule has 1 unspecified atom stereocenters. The van der Waals surface area contributed by atoms with Crippen molar-refractivity contribution in [3.05, 3.63) is 0 Å². The van der Waals surface area contributed by atoms with Crippen molar-refractivity contribution in [1.82, 2.24) is 10.2 Å². The fraction of sp³-hybridized carbons (Fsp3) is 0.933. The Hall–Kier alpha value is -0.570. The lowest BCUT2D eigenvalue weighted by molar-refractivity contribution is -0.137. The largest absolute Gasteiger partial charge is 0.342 e.